The fourth-order valence-corrected chi connectivity index (χ4v) is 1.89. The molecule has 1 rings (SSSR count). The molecule has 6 nitrogen and oxygen atoms in total. The van der Waals surface area contributed by atoms with Crippen LogP contribution in [0.5, 0.6) is 0 Å². The maximum atomic E-state index is 12.2. The number of para-hydroxylation sites is 1. The molecule has 0 aromatic heterocycles. The molecule has 0 saturated heterocycles. The molecule has 0 aliphatic rings. The van der Waals surface area contributed by atoms with Crippen molar-refractivity contribution in [1.29, 1.82) is 0 Å². The minimum absolute atomic E-state index is 0.0763. The summed E-state index contributed by atoms with van der Waals surface area (Å²) in [6, 6.07) is 5.67. The molecule has 0 fully saturated rings. The summed E-state index contributed by atoms with van der Waals surface area (Å²) in [6.45, 7) is 0.538. The number of carboxylic acid groups (broad SMARTS) is 1. The first kappa shape index (κ1) is 16.1. The maximum absolute atomic E-state index is 12.2. The topological polar surface area (TPSA) is 92.9 Å². The quantitative estimate of drug-likeness (QED) is 0.730. The molecule has 1 aromatic rings. The summed E-state index contributed by atoms with van der Waals surface area (Å²) >= 11 is 0. The van der Waals surface area contributed by atoms with Crippen LogP contribution in [-0.2, 0) is 9.53 Å². The first-order valence-electron chi connectivity index (χ1n) is 6.33. The summed E-state index contributed by atoms with van der Waals surface area (Å²) in [6.07, 6.45) is 1.17. The average Bonchev–Trinajstić information content (AvgIpc) is 2.45. The Morgan fingerprint density at radius 3 is 2.65 bits per heavy atom. The molecule has 0 spiro atoms. The zero-order valence-electron chi connectivity index (χ0n) is 11.7. The highest BCUT2D eigenvalue weighted by molar-refractivity contribution is 6.03. The van der Waals surface area contributed by atoms with Crippen LogP contribution in [0.4, 0.5) is 5.69 Å². The summed E-state index contributed by atoms with van der Waals surface area (Å²) in [5.74, 6) is -1.39. The van der Waals surface area contributed by atoms with E-state index in [1.54, 1.807) is 25.3 Å². The van der Waals surface area contributed by atoms with Crippen LogP contribution in [0.25, 0.3) is 0 Å². The van der Waals surface area contributed by atoms with Crippen molar-refractivity contribution in [2.45, 2.75) is 18.9 Å². The lowest BCUT2D eigenvalue weighted by Gasteiger charge is -2.22. The third-order valence-corrected chi connectivity index (χ3v) is 3.01. The van der Waals surface area contributed by atoms with Gasteiger partial charge in [-0.25, -0.2) is 4.79 Å². The van der Waals surface area contributed by atoms with Crippen molar-refractivity contribution < 1.29 is 19.4 Å². The molecular formula is C14H20N2O4. The molecule has 6 heteroatoms. The van der Waals surface area contributed by atoms with Crippen molar-refractivity contribution in [2.75, 3.05) is 25.7 Å². The Labute approximate surface area is 118 Å². The summed E-state index contributed by atoms with van der Waals surface area (Å²) in [7, 11) is 3.11. The van der Waals surface area contributed by atoms with Gasteiger partial charge >= 0.3 is 5.97 Å². The van der Waals surface area contributed by atoms with Crippen LogP contribution in [0, 0.1) is 0 Å². The first-order chi connectivity index (χ1) is 9.49. The number of hydrogen-bond acceptors (Lipinski definition) is 4. The Hall–Kier alpha value is -1.92. The van der Waals surface area contributed by atoms with Gasteiger partial charge in [0.2, 0.25) is 5.91 Å². The van der Waals surface area contributed by atoms with Gasteiger partial charge in [0.15, 0.2) is 0 Å². The van der Waals surface area contributed by atoms with E-state index in [1.165, 1.54) is 18.0 Å². The summed E-state index contributed by atoms with van der Waals surface area (Å²) < 4.78 is 4.91. The van der Waals surface area contributed by atoms with Gasteiger partial charge in [0.1, 0.15) is 0 Å². The molecule has 0 aliphatic heterocycles. The van der Waals surface area contributed by atoms with Crippen LogP contribution in [0.1, 0.15) is 23.2 Å². The van der Waals surface area contributed by atoms with E-state index in [1.807, 2.05) is 0 Å². The number of rotatable bonds is 7. The van der Waals surface area contributed by atoms with Crippen molar-refractivity contribution >= 4 is 17.6 Å². The molecule has 20 heavy (non-hydrogen) atoms. The molecule has 0 aliphatic carbocycles. The summed E-state index contributed by atoms with van der Waals surface area (Å²) in [5, 5.41) is 9.12. The van der Waals surface area contributed by atoms with Crippen LogP contribution < -0.4 is 10.6 Å². The van der Waals surface area contributed by atoms with E-state index < -0.39 is 12.0 Å². The SMILES string of the molecule is COCCCC(N)C(=O)N(C)c1ccccc1C(=O)O. The molecule has 0 saturated carbocycles. The van der Waals surface area contributed by atoms with Crippen LogP contribution in [0.3, 0.4) is 0 Å². The van der Waals surface area contributed by atoms with Crippen LogP contribution in [-0.4, -0.2) is 43.8 Å². The number of anilines is 1. The lowest BCUT2D eigenvalue weighted by Crippen LogP contribution is -2.42. The number of nitrogens with zero attached hydrogens (tertiary/aromatic N) is 1. The van der Waals surface area contributed by atoms with E-state index in [-0.39, 0.29) is 11.5 Å². The second-order valence-corrected chi connectivity index (χ2v) is 4.46. The Morgan fingerprint density at radius 1 is 1.40 bits per heavy atom. The zero-order valence-corrected chi connectivity index (χ0v) is 11.7. The number of ether oxygens (including phenoxy) is 1. The summed E-state index contributed by atoms with van der Waals surface area (Å²) in [4.78, 5) is 24.6. The molecule has 0 heterocycles. The highest BCUT2D eigenvalue weighted by Gasteiger charge is 2.22. The number of carboxylic acids is 1. The van der Waals surface area contributed by atoms with Crippen molar-refractivity contribution in [1.82, 2.24) is 0 Å². The van der Waals surface area contributed by atoms with E-state index in [4.69, 9.17) is 15.6 Å². The number of benzene rings is 1. The van der Waals surface area contributed by atoms with E-state index in [0.29, 0.717) is 25.1 Å². The molecule has 1 amide bonds. The summed E-state index contributed by atoms with van der Waals surface area (Å²) in [5.41, 5.74) is 6.24. The Morgan fingerprint density at radius 2 is 2.05 bits per heavy atom. The lowest BCUT2D eigenvalue weighted by atomic mass is 10.1. The van der Waals surface area contributed by atoms with E-state index in [2.05, 4.69) is 0 Å². The normalized spacial score (nSPS) is 11.9. The molecule has 1 unspecified atom stereocenters. The van der Waals surface area contributed by atoms with Crippen molar-refractivity contribution in [3.8, 4) is 0 Å². The Bertz CT molecular complexity index is 476. The molecular weight excluding hydrogens is 260 g/mol. The molecule has 3 N–H and O–H groups in total. The van der Waals surface area contributed by atoms with Crippen molar-refractivity contribution in [3.05, 3.63) is 29.8 Å². The van der Waals surface area contributed by atoms with Gasteiger partial charge in [-0.2, -0.15) is 0 Å². The number of amides is 1. The third kappa shape index (κ3) is 4.04. The fourth-order valence-electron chi connectivity index (χ4n) is 1.89. The van der Waals surface area contributed by atoms with Crippen LogP contribution in [0.2, 0.25) is 0 Å². The largest absolute Gasteiger partial charge is 0.478 e. The zero-order chi connectivity index (χ0) is 15.1. The monoisotopic (exact) mass is 280 g/mol. The number of carbonyl (C=O) groups is 2. The molecule has 110 valence electrons. The molecule has 1 atom stereocenters. The Kier molecular flexibility index (Phi) is 6.14. The van der Waals surface area contributed by atoms with Gasteiger partial charge < -0.3 is 20.5 Å². The van der Waals surface area contributed by atoms with E-state index in [9.17, 15) is 9.59 Å². The number of carbonyl (C=O) groups excluding carboxylic acids is 1. The van der Waals surface area contributed by atoms with Gasteiger partial charge in [0.25, 0.3) is 0 Å². The highest BCUT2D eigenvalue weighted by atomic mass is 16.5. The standard InChI is InChI=1S/C14H20N2O4/c1-16(13(17)11(15)7-5-9-20-2)12-8-4-3-6-10(12)14(18)19/h3-4,6,8,11H,5,7,9,15H2,1-2H3,(H,18,19). The predicted molar refractivity (Wildman–Crippen MR) is 75.9 cm³/mol. The smallest absolute Gasteiger partial charge is 0.337 e. The van der Waals surface area contributed by atoms with Crippen molar-refractivity contribution in [3.63, 3.8) is 0 Å². The first-order valence-corrected chi connectivity index (χ1v) is 6.33. The van der Waals surface area contributed by atoms with Gasteiger partial charge in [-0.3, -0.25) is 4.79 Å². The predicted octanol–water partition coefficient (Wildman–Crippen LogP) is 1.10. The molecule has 1 aromatic carbocycles. The number of hydrogen-bond donors (Lipinski definition) is 2. The van der Waals surface area contributed by atoms with Gasteiger partial charge in [-0.05, 0) is 25.0 Å². The number of likely N-dealkylation sites (N-methyl/N-ethyl adjacent to an activating group) is 1. The lowest BCUT2D eigenvalue weighted by molar-refractivity contribution is -0.119. The highest BCUT2D eigenvalue weighted by Crippen LogP contribution is 2.20. The second kappa shape index (κ2) is 7.62. The van der Waals surface area contributed by atoms with Gasteiger partial charge in [-0.15, -0.1) is 0 Å². The maximum Gasteiger partial charge on any atom is 0.337 e. The van der Waals surface area contributed by atoms with E-state index in [0.717, 1.165) is 0 Å². The number of aromatic carboxylic acids is 1. The Balaban J connectivity index is 2.81. The number of methoxy groups -OCH3 is 1. The van der Waals surface area contributed by atoms with E-state index >= 15 is 0 Å². The van der Waals surface area contributed by atoms with Gasteiger partial charge in [-0.1, -0.05) is 12.1 Å². The van der Waals surface area contributed by atoms with Crippen LogP contribution in [0.15, 0.2) is 24.3 Å². The minimum atomic E-state index is -1.08. The van der Waals surface area contributed by atoms with Gasteiger partial charge in [0.05, 0.1) is 17.3 Å². The van der Waals surface area contributed by atoms with Crippen molar-refractivity contribution in [2.24, 2.45) is 5.73 Å². The molecule has 0 radical (unpaired) electrons. The minimum Gasteiger partial charge on any atom is -0.478 e. The average molecular weight is 280 g/mol. The second-order valence-electron chi connectivity index (χ2n) is 4.46. The number of nitrogens with two attached hydrogens (primary N) is 1. The van der Waals surface area contributed by atoms with Gasteiger partial charge in [0, 0.05) is 20.8 Å². The fraction of sp³-hybridized carbons (Fsp3) is 0.429. The third-order valence-electron chi connectivity index (χ3n) is 3.01. The van der Waals surface area contributed by atoms with Crippen LogP contribution >= 0.6 is 0 Å². The molecule has 0 bridgehead atoms.